The average Bonchev–Trinajstić information content (AvgIpc) is 2.91. The minimum atomic E-state index is -4.31. The molecule has 7 nitrogen and oxygen atoms in total. The van der Waals surface area contributed by atoms with E-state index >= 15 is 0 Å². The number of halogens is 3. The Morgan fingerprint density at radius 2 is 1.82 bits per heavy atom. The summed E-state index contributed by atoms with van der Waals surface area (Å²) in [6, 6.07) is 12.3. The van der Waals surface area contributed by atoms with Crippen LogP contribution >= 0.6 is 27.5 Å². The van der Waals surface area contributed by atoms with Crippen LogP contribution in [0.1, 0.15) is 28.2 Å². The molecule has 0 aromatic heterocycles. The van der Waals surface area contributed by atoms with Crippen molar-refractivity contribution >= 4 is 49.1 Å². The molecule has 1 aliphatic rings. The number of sulfonamides is 1. The molecule has 0 radical (unpaired) electrons. The van der Waals surface area contributed by atoms with Crippen molar-refractivity contribution in [1.82, 2.24) is 4.31 Å². The van der Waals surface area contributed by atoms with E-state index in [1.54, 1.807) is 19.1 Å². The van der Waals surface area contributed by atoms with Crippen molar-refractivity contribution in [3.8, 4) is 0 Å². The fraction of sp³-hybridized carbons (Fsp3) is 0.174. The lowest BCUT2D eigenvalue weighted by molar-refractivity contribution is -0.385. The molecule has 1 unspecified atom stereocenters. The van der Waals surface area contributed by atoms with Crippen LogP contribution in [-0.4, -0.2) is 30.1 Å². The highest BCUT2D eigenvalue weighted by atomic mass is 79.9. The summed E-state index contributed by atoms with van der Waals surface area (Å²) in [5, 5.41) is 12.0. The summed E-state index contributed by atoms with van der Waals surface area (Å²) < 4.78 is 42.2. The fourth-order valence-electron chi connectivity index (χ4n) is 4.07. The van der Waals surface area contributed by atoms with Gasteiger partial charge in [-0.15, -0.1) is 0 Å². The minimum Gasteiger partial charge on any atom is -0.273 e. The minimum absolute atomic E-state index is 0.0941. The van der Waals surface area contributed by atoms with E-state index in [9.17, 15) is 27.7 Å². The van der Waals surface area contributed by atoms with E-state index in [0.29, 0.717) is 8.78 Å². The van der Waals surface area contributed by atoms with Crippen LogP contribution in [-0.2, 0) is 21.2 Å². The van der Waals surface area contributed by atoms with Gasteiger partial charge in [0.25, 0.3) is 15.7 Å². The highest BCUT2D eigenvalue weighted by Gasteiger charge is 2.40. The summed E-state index contributed by atoms with van der Waals surface area (Å²) in [5.41, 5.74) is 1.04. The molecule has 1 aliphatic heterocycles. The molecule has 1 amide bonds. The standard InChI is InChI=1S/C23H17BrClFN2O5S/c1-13-2-5-17(6-3-13)34(32,33)27-12-19(18-11-16(26)4-7-20(18)25)23-14(9-22(27)29)8-15(24)10-21(23)28(30)31/h2-8,10-11,19H,9,12H2,1H3. The molecule has 1 atom stereocenters. The molecule has 3 aromatic carbocycles. The van der Waals surface area contributed by atoms with Crippen LogP contribution in [0, 0.1) is 22.9 Å². The van der Waals surface area contributed by atoms with E-state index in [1.165, 1.54) is 30.3 Å². The first-order chi connectivity index (χ1) is 16.0. The van der Waals surface area contributed by atoms with Crippen LogP contribution in [0.25, 0.3) is 0 Å². The molecule has 1 heterocycles. The van der Waals surface area contributed by atoms with Gasteiger partial charge in [0.1, 0.15) is 5.82 Å². The molecule has 4 rings (SSSR count). The molecular formula is C23H17BrClFN2O5S. The number of nitro benzene ring substituents is 1. The normalized spacial score (nSPS) is 16.2. The van der Waals surface area contributed by atoms with E-state index < -0.39 is 45.6 Å². The van der Waals surface area contributed by atoms with Gasteiger partial charge >= 0.3 is 0 Å². The van der Waals surface area contributed by atoms with Gasteiger partial charge in [-0.05, 0) is 54.4 Å². The lowest BCUT2D eigenvalue weighted by Gasteiger charge is -2.26. The summed E-state index contributed by atoms with van der Waals surface area (Å²) in [4.78, 5) is 24.5. The quantitative estimate of drug-likeness (QED) is 0.312. The highest BCUT2D eigenvalue weighted by Crippen LogP contribution is 2.42. The fourth-order valence-corrected chi connectivity index (χ4v) is 6.23. The second-order valence-electron chi connectivity index (χ2n) is 7.89. The lowest BCUT2D eigenvalue weighted by Crippen LogP contribution is -2.39. The SMILES string of the molecule is Cc1ccc(S(=O)(=O)N2CC(c3cc(F)ccc3Cl)c3c(cc(Br)cc3[N+](=O)[O-])CC2=O)cc1. The number of nitro groups is 1. The van der Waals surface area contributed by atoms with Gasteiger partial charge in [-0.25, -0.2) is 17.1 Å². The molecule has 0 spiro atoms. The Bertz CT molecular complexity index is 1430. The maximum Gasteiger partial charge on any atom is 0.274 e. The first kappa shape index (κ1) is 24.3. The van der Waals surface area contributed by atoms with E-state index in [1.807, 2.05) is 0 Å². The van der Waals surface area contributed by atoms with E-state index in [0.717, 1.165) is 17.7 Å². The van der Waals surface area contributed by atoms with Crippen LogP contribution in [0.15, 0.2) is 64.0 Å². The number of amides is 1. The Morgan fingerprint density at radius 1 is 1.15 bits per heavy atom. The molecule has 0 saturated carbocycles. The topological polar surface area (TPSA) is 97.6 Å². The number of aryl methyl sites for hydroxylation is 1. The monoisotopic (exact) mass is 566 g/mol. The maximum atomic E-state index is 14.2. The van der Waals surface area contributed by atoms with Crippen LogP contribution in [0.4, 0.5) is 10.1 Å². The Labute approximate surface area is 208 Å². The third-order valence-corrected chi connectivity index (χ3v) is 8.27. The lowest BCUT2D eigenvalue weighted by atomic mass is 9.86. The van der Waals surface area contributed by atoms with E-state index in [4.69, 9.17) is 11.6 Å². The third-order valence-electron chi connectivity index (χ3n) is 5.66. The number of hydrogen-bond donors (Lipinski definition) is 0. The number of carbonyl (C=O) groups excluding carboxylic acids is 1. The molecule has 176 valence electrons. The molecule has 0 fully saturated rings. The average molecular weight is 568 g/mol. The van der Waals surface area contributed by atoms with Gasteiger partial charge in [0, 0.05) is 33.6 Å². The van der Waals surface area contributed by atoms with Crippen LogP contribution < -0.4 is 0 Å². The van der Waals surface area contributed by atoms with Crippen LogP contribution in [0.2, 0.25) is 5.02 Å². The number of nitrogens with zero attached hydrogens (tertiary/aromatic N) is 2. The first-order valence-electron chi connectivity index (χ1n) is 10.0. The summed E-state index contributed by atoms with van der Waals surface area (Å²) in [6.45, 7) is 1.32. The Morgan fingerprint density at radius 3 is 2.47 bits per heavy atom. The van der Waals surface area contributed by atoms with Crippen LogP contribution in [0.5, 0.6) is 0 Å². The van der Waals surface area contributed by atoms with E-state index in [-0.39, 0.29) is 32.3 Å². The zero-order valence-corrected chi connectivity index (χ0v) is 20.8. The van der Waals surface area contributed by atoms with Crippen molar-refractivity contribution in [2.45, 2.75) is 24.2 Å². The van der Waals surface area contributed by atoms with Gasteiger partial charge in [-0.2, -0.15) is 0 Å². The van der Waals surface area contributed by atoms with Crippen molar-refractivity contribution in [3.63, 3.8) is 0 Å². The molecule has 0 aliphatic carbocycles. The number of fused-ring (bicyclic) bond motifs is 1. The Kier molecular flexibility index (Phi) is 6.50. The van der Waals surface area contributed by atoms with Crippen LogP contribution in [0.3, 0.4) is 0 Å². The van der Waals surface area contributed by atoms with Gasteiger partial charge in [0.15, 0.2) is 0 Å². The molecule has 0 N–H and O–H groups in total. The van der Waals surface area contributed by atoms with Crippen molar-refractivity contribution in [1.29, 1.82) is 0 Å². The van der Waals surface area contributed by atoms with Crippen molar-refractivity contribution in [2.24, 2.45) is 0 Å². The highest BCUT2D eigenvalue weighted by molar-refractivity contribution is 9.10. The van der Waals surface area contributed by atoms with E-state index in [2.05, 4.69) is 15.9 Å². The number of rotatable bonds is 4. The van der Waals surface area contributed by atoms with Gasteiger partial charge in [-0.3, -0.25) is 14.9 Å². The molecule has 11 heteroatoms. The number of hydrogen-bond acceptors (Lipinski definition) is 5. The smallest absolute Gasteiger partial charge is 0.273 e. The zero-order chi connectivity index (χ0) is 24.8. The molecule has 0 bridgehead atoms. The molecule has 0 saturated heterocycles. The van der Waals surface area contributed by atoms with Crippen molar-refractivity contribution in [3.05, 3.63) is 102 Å². The third kappa shape index (κ3) is 4.45. The molecule has 34 heavy (non-hydrogen) atoms. The second kappa shape index (κ2) is 9.09. The summed E-state index contributed by atoms with van der Waals surface area (Å²) >= 11 is 9.57. The second-order valence-corrected chi connectivity index (χ2v) is 11.1. The largest absolute Gasteiger partial charge is 0.274 e. The first-order valence-corrected chi connectivity index (χ1v) is 12.6. The maximum absolute atomic E-state index is 14.2. The van der Waals surface area contributed by atoms with Gasteiger partial charge in [0.05, 0.1) is 16.2 Å². The summed E-state index contributed by atoms with van der Waals surface area (Å²) in [5.74, 6) is -2.48. The Hall–Kier alpha value is -2.82. The number of carbonyl (C=O) groups is 1. The number of benzene rings is 3. The molecular weight excluding hydrogens is 551 g/mol. The predicted molar refractivity (Wildman–Crippen MR) is 128 cm³/mol. The zero-order valence-electron chi connectivity index (χ0n) is 17.7. The summed E-state index contributed by atoms with van der Waals surface area (Å²) in [7, 11) is -4.31. The summed E-state index contributed by atoms with van der Waals surface area (Å²) in [6.07, 6.45) is -0.399. The van der Waals surface area contributed by atoms with Gasteiger partial charge < -0.3 is 0 Å². The molecule has 3 aromatic rings. The Balaban J connectivity index is 1.97. The van der Waals surface area contributed by atoms with Crippen molar-refractivity contribution in [2.75, 3.05) is 6.54 Å². The van der Waals surface area contributed by atoms with Crippen molar-refractivity contribution < 1.29 is 22.5 Å². The predicted octanol–water partition coefficient (Wildman–Crippen LogP) is 5.36. The van der Waals surface area contributed by atoms with Gasteiger partial charge in [0.2, 0.25) is 5.91 Å². The van der Waals surface area contributed by atoms with Gasteiger partial charge in [-0.1, -0.05) is 45.2 Å².